The van der Waals surface area contributed by atoms with Gasteiger partial charge < -0.3 is 25.3 Å². The predicted octanol–water partition coefficient (Wildman–Crippen LogP) is 2.21. The Morgan fingerprint density at radius 2 is 1.72 bits per heavy atom. The standard InChI is InChI=1S/C26H32N4O5.ClH/c27-25(28)20-3-1-18(2-4-20)19-5-7-23(8-6-19)35-17-22-15-21(26(32)29-22)16-24(31)34-14-11-30-9-12-33-13-10-30;/h1-8,21-22H,9-17H2,(H3,27,28)(H,29,32);1H/t21-,22-;/m0./s1. The summed E-state index contributed by atoms with van der Waals surface area (Å²) in [7, 11) is 0. The van der Waals surface area contributed by atoms with Crippen LogP contribution in [0.2, 0.25) is 0 Å². The Kier molecular flexibility index (Phi) is 10.1. The first-order valence-electron chi connectivity index (χ1n) is 11.9. The minimum Gasteiger partial charge on any atom is -0.491 e. The quantitative estimate of drug-likeness (QED) is 0.251. The van der Waals surface area contributed by atoms with Crippen molar-refractivity contribution in [2.45, 2.75) is 18.9 Å². The van der Waals surface area contributed by atoms with Crippen LogP contribution in [0, 0.1) is 11.3 Å². The molecule has 2 aliphatic rings. The van der Waals surface area contributed by atoms with E-state index in [1.807, 2.05) is 48.5 Å². The lowest BCUT2D eigenvalue weighted by Crippen LogP contribution is -2.38. The first-order chi connectivity index (χ1) is 17.0. The molecule has 0 spiro atoms. The molecule has 2 fully saturated rings. The van der Waals surface area contributed by atoms with Gasteiger partial charge in [0.1, 0.15) is 24.8 Å². The summed E-state index contributed by atoms with van der Waals surface area (Å²) in [6.45, 7) is 4.46. The van der Waals surface area contributed by atoms with Crippen LogP contribution in [-0.2, 0) is 19.1 Å². The van der Waals surface area contributed by atoms with Crippen LogP contribution < -0.4 is 15.8 Å². The number of amidine groups is 1. The van der Waals surface area contributed by atoms with Crippen molar-refractivity contribution in [2.24, 2.45) is 11.7 Å². The van der Waals surface area contributed by atoms with Gasteiger partial charge in [-0.2, -0.15) is 0 Å². The van der Waals surface area contributed by atoms with Gasteiger partial charge in [0.05, 0.1) is 31.6 Å². The zero-order valence-corrected chi connectivity index (χ0v) is 20.9. The fraction of sp³-hybridized carbons (Fsp3) is 0.423. The zero-order valence-electron chi connectivity index (χ0n) is 20.1. The number of carbonyl (C=O) groups is 2. The lowest BCUT2D eigenvalue weighted by atomic mass is 10.0. The first kappa shape index (κ1) is 27.4. The topological polar surface area (TPSA) is 127 Å². The van der Waals surface area contributed by atoms with E-state index in [9.17, 15) is 9.59 Å². The van der Waals surface area contributed by atoms with Gasteiger partial charge in [-0.1, -0.05) is 36.4 Å². The normalized spacial score (nSPS) is 19.7. The molecular weight excluding hydrogens is 484 g/mol. The van der Waals surface area contributed by atoms with Gasteiger partial charge in [-0.25, -0.2) is 0 Å². The molecule has 0 aliphatic carbocycles. The molecule has 2 saturated heterocycles. The number of amides is 1. The van der Waals surface area contributed by atoms with Crippen LogP contribution in [0.1, 0.15) is 18.4 Å². The maximum absolute atomic E-state index is 12.3. The molecule has 4 N–H and O–H groups in total. The van der Waals surface area contributed by atoms with E-state index in [2.05, 4.69) is 10.2 Å². The average molecular weight is 517 g/mol. The van der Waals surface area contributed by atoms with Gasteiger partial charge in [-0.05, 0) is 29.7 Å². The summed E-state index contributed by atoms with van der Waals surface area (Å²) in [5.41, 5.74) is 8.23. The van der Waals surface area contributed by atoms with Crippen molar-refractivity contribution < 1.29 is 23.8 Å². The van der Waals surface area contributed by atoms with Crippen molar-refractivity contribution in [2.75, 3.05) is 46.1 Å². The Balaban J connectivity index is 0.00000361. The third-order valence-electron chi connectivity index (χ3n) is 6.31. The molecule has 36 heavy (non-hydrogen) atoms. The number of nitrogens with one attached hydrogen (secondary N) is 2. The fourth-order valence-electron chi connectivity index (χ4n) is 4.27. The highest BCUT2D eigenvalue weighted by Gasteiger charge is 2.34. The van der Waals surface area contributed by atoms with E-state index < -0.39 is 0 Å². The molecule has 2 heterocycles. The highest BCUT2D eigenvalue weighted by molar-refractivity contribution is 5.95. The summed E-state index contributed by atoms with van der Waals surface area (Å²) in [5, 5.41) is 10.4. The van der Waals surface area contributed by atoms with E-state index in [-0.39, 0.29) is 48.5 Å². The predicted molar refractivity (Wildman–Crippen MR) is 139 cm³/mol. The Morgan fingerprint density at radius 1 is 1.08 bits per heavy atom. The SMILES string of the molecule is Cl.N=C(N)c1ccc(-c2ccc(OC[C@@H]3C[C@@H](CC(=O)OCCN4CCOCC4)C(=O)N3)cc2)cc1. The first-order valence-corrected chi connectivity index (χ1v) is 11.9. The molecule has 194 valence electrons. The van der Waals surface area contributed by atoms with Gasteiger partial charge in [0.2, 0.25) is 5.91 Å². The van der Waals surface area contributed by atoms with Crippen molar-refractivity contribution in [3.8, 4) is 16.9 Å². The van der Waals surface area contributed by atoms with E-state index in [0.29, 0.717) is 50.7 Å². The van der Waals surface area contributed by atoms with Crippen LogP contribution in [0.15, 0.2) is 48.5 Å². The monoisotopic (exact) mass is 516 g/mol. The third-order valence-corrected chi connectivity index (χ3v) is 6.31. The molecule has 0 saturated carbocycles. The number of halogens is 1. The molecule has 0 bridgehead atoms. The Labute approximate surface area is 217 Å². The fourth-order valence-corrected chi connectivity index (χ4v) is 4.27. The number of hydrogen-bond donors (Lipinski definition) is 3. The molecular formula is C26H33ClN4O5. The number of nitrogens with zero attached hydrogens (tertiary/aromatic N) is 1. The lowest BCUT2D eigenvalue weighted by Gasteiger charge is -2.26. The summed E-state index contributed by atoms with van der Waals surface area (Å²) >= 11 is 0. The van der Waals surface area contributed by atoms with Crippen LogP contribution in [0.3, 0.4) is 0 Å². The van der Waals surface area contributed by atoms with Crippen molar-refractivity contribution in [1.82, 2.24) is 10.2 Å². The van der Waals surface area contributed by atoms with Gasteiger partial charge in [0.25, 0.3) is 0 Å². The van der Waals surface area contributed by atoms with Gasteiger partial charge >= 0.3 is 5.97 Å². The molecule has 2 aromatic carbocycles. The van der Waals surface area contributed by atoms with E-state index in [0.717, 1.165) is 24.2 Å². The van der Waals surface area contributed by atoms with Crippen LogP contribution in [-0.4, -0.2) is 74.7 Å². The van der Waals surface area contributed by atoms with E-state index in [1.54, 1.807) is 0 Å². The number of hydrogen-bond acceptors (Lipinski definition) is 7. The Bertz CT molecular complexity index is 1030. The maximum atomic E-state index is 12.3. The summed E-state index contributed by atoms with van der Waals surface area (Å²) < 4.78 is 16.5. The number of nitrogens with two attached hydrogens (primary N) is 1. The summed E-state index contributed by atoms with van der Waals surface area (Å²) in [5.74, 6) is -0.114. The molecule has 2 aromatic rings. The lowest BCUT2D eigenvalue weighted by molar-refractivity contribution is -0.147. The van der Waals surface area contributed by atoms with Crippen LogP contribution in [0.4, 0.5) is 0 Å². The van der Waals surface area contributed by atoms with Gasteiger partial charge in [-0.3, -0.25) is 19.9 Å². The van der Waals surface area contributed by atoms with Crippen LogP contribution in [0.25, 0.3) is 11.1 Å². The summed E-state index contributed by atoms with van der Waals surface area (Å²) in [6, 6.07) is 15.0. The summed E-state index contributed by atoms with van der Waals surface area (Å²) in [4.78, 5) is 26.7. The second kappa shape index (κ2) is 13.2. The van der Waals surface area contributed by atoms with E-state index >= 15 is 0 Å². The average Bonchev–Trinajstić information content (AvgIpc) is 3.22. The van der Waals surface area contributed by atoms with Gasteiger partial charge in [-0.15, -0.1) is 12.4 Å². The smallest absolute Gasteiger partial charge is 0.306 e. The van der Waals surface area contributed by atoms with Gasteiger partial charge in [0, 0.05) is 25.2 Å². The molecule has 0 radical (unpaired) electrons. The molecule has 4 rings (SSSR count). The molecule has 1 amide bonds. The van der Waals surface area contributed by atoms with E-state index in [4.69, 9.17) is 25.4 Å². The van der Waals surface area contributed by atoms with Gasteiger partial charge in [0.15, 0.2) is 0 Å². The van der Waals surface area contributed by atoms with Crippen LogP contribution >= 0.6 is 12.4 Å². The molecule has 10 heteroatoms. The molecule has 0 aromatic heterocycles. The second-order valence-electron chi connectivity index (χ2n) is 8.84. The number of benzene rings is 2. The van der Waals surface area contributed by atoms with Crippen LogP contribution in [0.5, 0.6) is 5.75 Å². The zero-order chi connectivity index (χ0) is 24.6. The third kappa shape index (κ3) is 7.68. The molecule has 2 aliphatic heterocycles. The number of carbonyl (C=O) groups excluding carboxylic acids is 2. The van der Waals surface area contributed by atoms with Crippen molar-refractivity contribution in [1.29, 1.82) is 5.41 Å². The van der Waals surface area contributed by atoms with Crippen molar-refractivity contribution in [3.05, 3.63) is 54.1 Å². The molecule has 0 unspecified atom stereocenters. The summed E-state index contributed by atoms with van der Waals surface area (Å²) in [6.07, 6.45) is 0.626. The number of esters is 1. The number of rotatable bonds is 10. The second-order valence-corrected chi connectivity index (χ2v) is 8.84. The molecule has 2 atom stereocenters. The number of nitrogen functional groups attached to an aromatic ring is 1. The molecule has 9 nitrogen and oxygen atoms in total. The minimum atomic E-state index is -0.389. The Hall–Kier alpha value is -3.14. The number of ether oxygens (including phenoxy) is 3. The van der Waals surface area contributed by atoms with Crippen molar-refractivity contribution >= 4 is 30.1 Å². The maximum Gasteiger partial charge on any atom is 0.306 e. The minimum absolute atomic E-state index is 0. The van der Waals surface area contributed by atoms with Crippen molar-refractivity contribution in [3.63, 3.8) is 0 Å². The number of morpholine rings is 1. The van der Waals surface area contributed by atoms with E-state index in [1.165, 1.54) is 0 Å². The highest BCUT2D eigenvalue weighted by Crippen LogP contribution is 2.24. The Morgan fingerprint density at radius 3 is 2.36 bits per heavy atom. The largest absolute Gasteiger partial charge is 0.491 e. The highest BCUT2D eigenvalue weighted by atomic mass is 35.5.